The lowest BCUT2D eigenvalue weighted by atomic mass is 10.0. The van der Waals surface area contributed by atoms with Crippen molar-refractivity contribution < 1.29 is 14.2 Å². The predicted molar refractivity (Wildman–Crippen MR) is 120 cm³/mol. The first-order chi connectivity index (χ1) is 14.7. The van der Waals surface area contributed by atoms with Crippen molar-refractivity contribution in [3.8, 4) is 0 Å². The summed E-state index contributed by atoms with van der Waals surface area (Å²) in [7, 11) is 3.56. The molecule has 0 bridgehead atoms. The molecule has 2 aliphatic rings. The topological polar surface area (TPSA) is 58.6 Å². The molecule has 1 aromatic carbocycles. The average molecular weight is 439 g/mol. The van der Waals surface area contributed by atoms with Crippen molar-refractivity contribution in [3.63, 3.8) is 0 Å². The van der Waals surface area contributed by atoms with Crippen LogP contribution in [-0.4, -0.2) is 95.7 Å². The highest BCUT2D eigenvalue weighted by molar-refractivity contribution is 6.30. The van der Waals surface area contributed by atoms with Gasteiger partial charge in [-0.15, -0.1) is 0 Å². The normalized spacial score (nSPS) is 21.8. The van der Waals surface area contributed by atoms with Gasteiger partial charge < -0.3 is 24.4 Å². The van der Waals surface area contributed by atoms with E-state index in [1.807, 2.05) is 19.2 Å². The van der Waals surface area contributed by atoms with Gasteiger partial charge in [-0.1, -0.05) is 23.7 Å². The van der Waals surface area contributed by atoms with E-state index in [0.29, 0.717) is 19.1 Å². The summed E-state index contributed by atoms with van der Waals surface area (Å²) in [5.74, 6) is 1.49. The number of nitrogens with zero attached hydrogens (tertiary/aromatic N) is 3. The number of rotatable bonds is 9. The molecule has 0 radical (unpaired) electrons. The zero-order valence-corrected chi connectivity index (χ0v) is 18.9. The van der Waals surface area contributed by atoms with Crippen LogP contribution < -0.4 is 5.32 Å². The van der Waals surface area contributed by atoms with Crippen molar-refractivity contribution in [1.29, 1.82) is 0 Å². The summed E-state index contributed by atoms with van der Waals surface area (Å²) in [6, 6.07) is 8.42. The summed E-state index contributed by atoms with van der Waals surface area (Å²) in [6.45, 7) is 8.24. The Hall–Kier alpha value is -1.38. The van der Waals surface area contributed by atoms with Gasteiger partial charge in [0, 0.05) is 57.8 Å². The van der Waals surface area contributed by atoms with E-state index < -0.39 is 0 Å². The molecule has 2 heterocycles. The Morgan fingerprint density at radius 3 is 2.70 bits per heavy atom. The Labute approximate surface area is 185 Å². The van der Waals surface area contributed by atoms with E-state index in [1.54, 1.807) is 7.11 Å². The zero-order chi connectivity index (χ0) is 21.2. The molecule has 7 nitrogen and oxygen atoms in total. The Morgan fingerprint density at radius 2 is 2.00 bits per heavy atom. The number of ether oxygens (including phenoxy) is 3. The first-order valence-electron chi connectivity index (χ1n) is 10.8. The third kappa shape index (κ3) is 6.82. The van der Waals surface area contributed by atoms with Crippen LogP contribution >= 0.6 is 11.6 Å². The van der Waals surface area contributed by atoms with Crippen LogP contribution in [0.5, 0.6) is 0 Å². The van der Waals surface area contributed by atoms with Crippen LogP contribution in [0.3, 0.4) is 0 Å². The van der Waals surface area contributed by atoms with Gasteiger partial charge in [0.05, 0.1) is 39.1 Å². The van der Waals surface area contributed by atoms with Gasteiger partial charge >= 0.3 is 0 Å². The minimum absolute atomic E-state index is 0.249. The highest BCUT2D eigenvalue weighted by Gasteiger charge is 2.27. The molecule has 168 valence electrons. The van der Waals surface area contributed by atoms with Crippen molar-refractivity contribution in [2.45, 2.75) is 12.5 Å². The highest BCUT2D eigenvalue weighted by Crippen LogP contribution is 2.23. The second-order valence-electron chi connectivity index (χ2n) is 7.81. The fourth-order valence-corrected chi connectivity index (χ4v) is 4.23. The monoisotopic (exact) mass is 438 g/mol. The number of guanidine groups is 1. The van der Waals surface area contributed by atoms with Crippen molar-refractivity contribution in [2.75, 3.05) is 79.9 Å². The van der Waals surface area contributed by atoms with Gasteiger partial charge in [0.2, 0.25) is 0 Å². The van der Waals surface area contributed by atoms with E-state index in [0.717, 1.165) is 69.9 Å². The van der Waals surface area contributed by atoms with Gasteiger partial charge in [-0.3, -0.25) is 9.89 Å². The molecule has 1 aromatic rings. The first-order valence-corrected chi connectivity index (χ1v) is 11.2. The third-order valence-electron chi connectivity index (χ3n) is 5.78. The van der Waals surface area contributed by atoms with Crippen LogP contribution in [0.15, 0.2) is 29.3 Å². The average Bonchev–Trinajstić information content (AvgIpc) is 3.25. The maximum absolute atomic E-state index is 6.11. The molecular weight excluding hydrogens is 404 g/mol. The highest BCUT2D eigenvalue weighted by atomic mass is 35.5. The number of benzene rings is 1. The Kier molecular flexibility index (Phi) is 9.68. The van der Waals surface area contributed by atoms with Crippen molar-refractivity contribution in [1.82, 2.24) is 15.1 Å². The van der Waals surface area contributed by atoms with E-state index in [2.05, 4.69) is 32.2 Å². The summed E-state index contributed by atoms with van der Waals surface area (Å²) in [5, 5.41) is 4.38. The summed E-state index contributed by atoms with van der Waals surface area (Å²) in [5.41, 5.74) is 1.26. The largest absolute Gasteiger partial charge is 0.382 e. The number of likely N-dealkylation sites (tertiary alicyclic amines) is 1. The number of hydrogen-bond acceptors (Lipinski definition) is 5. The van der Waals surface area contributed by atoms with E-state index >= 15 is 0 Å². The van der Waals surface area contributed by atoms with Crippen LogP contribution in [0.4, 0.5) is 0 Å². The molecule has 0 saturated carbocycles. The lowest BCUT2D eigenvalue weighted by Crippen LogP contribution is -2.47. The molecule has 2 unspecified atom stereocenters. The zero-order valence-electron chi connectivity index (χ0n) is 18.2. The van der Waals surface area contributed by atoms with Gasteiger partial charge in [-0.2, -0.15) is 0 Å². The van der Waals surface area contributed by atoms with Gasteiger partial charge in [0.15, 0.2) is 5.96 Å². The predicted octanol–water partition coefficient (Wildman–Crippen LogP) is 2.27. The molecule has 2 aliphatic heterocycles. The third-order valence-corrected chi connectivity index (χ3v) is 6.03. The van der Waals surface area contributed by atoms with Crippen molar-refractivity contribution in [2.24, 2.45) is 10.9 Å². The van der Waals surface area contributed by atoms with Crippen LogP contribution in [0, 0.1) is 5.92 Å². The molecule has 0 amide bonds. The number of morpholine rings is 1. The molecule has 8 heteroatoms. The quantitative estimate of drug-likeness (QED) is 0.362. The Morgan fingerprint density at radius 1 is 1.23 bits per heavy atom. The van der Waals surface area contributed by atoms with Crippen molar-refractivity contribution >= 4 is 17.6 Å². The molecule has 2 saturated heterocycles. The standard InChI is InChI=1S/C22H35ClN4O3/c1-24-22(27-8-7-18(16-27)17-30-14-13-28-2)25-15-21(26-9-11-29-12-10-26)19-3-5-20(23)6-4-19/h3-6,18,21H,7-17H2,1-2H3,(H,24,25). The molecule has 2 fully saturated rings. The van der Waals surface area contributed by atoms with Gasteiger partial charge in [0.1, 0.15) is 0 Å². The molecule has 0 aromatic heterocycles. The van der Waals surface area contributed by atoms with Crippen LogP contribution in [-0.2, 0) is 14.2 Å². The number of nitrogens with one attached hydrogen (secondary N) is 1. The fourth-order valence-electron chi connectivity index (χ4n) is 4.11. The number of methoxy groups -OCH3 is 1. The number of aliphatic imine (C=N–C) groups is 1. The van der Waals surface area contributed by atoms with E-state index in [-0.39, 0.29) is 6.04 Å². The molecular formula is C22H35ClN4O3. The van der Waals surface area contributed by atoms with Crippen LogP contribution in [0.2, 0.25) is 5.02 Å². The fraction of sp³-hybridized carbons (Fsp3) is 0.682. The molecule has 1 N–H and O–H groups in total. The Bertz CT molecular complexity index is 652. The van der Waals surface area contributed by atoms with Gasteiger partial charge in [-0.05, 0) is 24.1 Å². The smallest absolute Gasteiger partial charge is 0.193 e. The molecule has 30 heavy (non-hydrogen) atoms. The summed E-state index contributed by atoms with van der Waals surface area (Å²) in [6.07, 6.45) is 1.12. The van der Waals surface area contributed by atoms with E-state index in [4.69, 9.17) is 25.8 Å². The van der Waals surface area contributed by atoms with E-state index in [1.165, 1.54) is 5.56 Å². The SMILES string of the molecule is CN=C(NCC(c1ccc(Cl)cc1)N1CCOCC1)N1CCC(COCCOC)C1. The summed E-state index contributed by atoms with van der Waals surface area (Å²) in [4.78, 5) is 9.36. The van der Waals surface area contributed by atoms with Crippen LogP contribution in [0.1, 0.15) is 18.0 Å². The minimum atomic E-state index is 0.249. The van der Waals surface area contributed by atoms with E-state index in [9.17, 15) is 0 Å². The second kappa shape index (κ2) is 12.5. The van der Waals surface area contributed by atoms with Gasteiger partial charge in [-0.25, -0.2) is 0 Å². The molecule has 0 spiro atoms. The van der Waals surface area contributed by atoms with Gasteiger partial charge in [0.25, 0.3) is 0 Å². The Balaban J connectivity index is 1.56. The molecule has 0 aliphatic carbocycles. The maximum Gasteiger partial charge on any atom is 0.193 e. The van der Waals surface area contributed by atoms with Crippen molar-refractivity contribution in [3.05, 3.63) is 34.9 Å². The lowest BCUT2D eigenvalue weighted by molar-refractivity contribution is 0.0169. The maximum atomic E-state index is 6.11. The summed E-state index contributed by atoms with van der Waals surface area (Å²) < 4.78 is 16.3. The molecule has 2 atom stereocenters. The summed E-state index contributed by atoms with van der Waals surface area (Å²) >= 11 is 6.11. The lowest BCUT2D eigenvalue weighted by Gasteiger charge is -2.35. The number of halogens is 1. The van der Waals surface area contributed by atoms with Crippen LogP contribution in [0.25, 0.3) is 0 Å². The minimum Gasteiger partial charge on any atom is -0.382 e. The first kappa shape index (κ1) is 23.3. The molecule has 3 rings (SSSR count). The number of hydrogen-bond donors (Lipinski definition) is 1. The second-order valence-corrected chi connectivity index (χ2v) is 8.25.